The number of oxazole rings is 1. The number of aromatic nitrogens is 1. The molecule has 0 aliphatic carbocycles. The molecule has 0 atom stereocenters. The van der Waals surface area contributed by atoms with Crippen LogP contribution in [0, 0.1) is 0 Å². The van der Waals surface area contributed by atoms with Crippen molar-refractivity contribution < 1.29 is 13.9 Å². The average Bonchev–Trinajstić information content (AvgIpc) is 2.89. The topological polar surface area (TPSA) is 61.4 Å². The van der Waals surface area contributed by atoms with E-state index in [4.69, 9.17) is 20.8 Å². The second-order valence-electron chi connectivity index (χ2n) is 5.10. The van der Waals surface area contributed by atoms with Gasteiger partial charge in [0.05, 0.1) is 22.7 Å². The summed E-state index contributed by atoms with van der Waals surface area (Å²) in [6.45, 7) is 0.572. The summed E-state index contributed by atoms with van der Waals surface area (Å²) in [4.78, 5) is 23.9. The number of fused-ring (bicyclic) bond motifs is 1. The molecule has 2 aromatic carbocycles. The number of ether oxygens (including phenoxy) is 1. The van der Waals surface area contributed by atoms with Gasteiger partial charge in [0.2, 0.25) is 0 Å². The highest BCUT2D eigenvalue weighted by molar-refractivity contribution is 9.10. The second-order valence-corrected chi connectivity index (χ2v) is 6.42. The van der Waals surface area contributed by atoms with Gasteiger partial charge >= 0.3 is 11.7 Å². The minimum absolute atomic E-state index is 0.174. The van der Waals surface area contributed by atoms with Gasteiger partial charge in [-0.05, 0) is 36.8 Å². The first-order chi connectivity index (χ1) is 11.6. The van der Waals surface area contributed by atoms with Crippen LogP contribution in [-0.4, -0.2) is 17.1 Å². The quantitative estimate of drug-likeness (QED) is 0.466. The van der Waals surface area contributed by atoms with E-state index in [1.807, 2.05) is 12.1 Å². The molecule has 0 saturated heterocycles. The van der Waals surface area contributed by atoms with Gasteiger partial charge in [0.15, 0.2) is 5.58 Å². The molecule has 5 nitrogen and oxygen atoms in total. The van der Waals surface area contributed by atoms with Crippen LogP contribution in [0.25, 0.3) is 11.1 Å². The summed E-state index contributed by atoms with van der Waals surface area (Å²) in [7, 11) is 0. The van der Waals surface area contributed by atoms with E-state index in [0.717, 1.165) is 9.99 Å². The highest BCUT2D eigenvalue weighted by Gasteiger charge is 2.13. The average molecular weight is 411 g/mol. The number of carbonyl (C=O) groups excluding carboxylic acids is 1. The van der Waals surface area contributed by atoms with Crippen LogP contribution >= 0.6 is 27.5 Å². The van der Waals surface area contributed by atoms with Crippen LogP contribution in [0.1, 0.15) is 16.8 Å². The molecule has 0 aliphatic heterocycles. The maximum Gasteiger partial charge on any atom is 0.419 e. The summed E-state index contributed by atoms with van der Waals surface area (Å²) in [6, 6.07) is 12.2. The number of hydrogen-bond acceptors (Lipinski definition) is 4. The molecule has 24 heavy (non-hydrogen) atoms. The Kier molecular flexibility index (Phi) is 5.06. The fraction of sp³-hybridized carbons (Fsp3) is 0.176. The molecule has 1 aromatic heterocycles. The third-order valence-corrected chi connectivity index (χ3v) is 4.30. The van der Waals surface area contributed by atoms with E-state index < -0.39 is 11.7 Å². The third-order valence-electron chi connectivity index (χ3n) is 3.48. The monoisotopic (exact) mass is 409 g/mol. The van der Waals surface area contributed by atoms with Gasteiger partial charge in [0, 0.05) is 11.0 Å². The largest absolute Gasteiger partial charge is 0.462 e. The summed E-state index contributed by atoms with van der Waals surface area (Å²) in [6.07, 6.45) is 0.487. The number of hydrogen-bond donors (Lipinski definition) is 0. The van der Waals surface area contributed by atoms with Crippen LogP contribution in [0.3, 0.4) is 0 Å². The molecule has 0 saturated carbocycles. The zero-order chi connectivity index (χ0) is 17.1. The van der Waals surface area contributed by atoms with Crippen LogP contribution in [0.4, 0.5) is 0 Å². The lowest BCUT2D eigenvalue weighted by Gasteiger charge is -2.07. The van der Waals surface area contributed by atoms with Crippen LogP contribution in [0.5, 0.6) is 0 Å². The van der Waals surface area contributed by atoms with E-state index in [-0.39, 0.29) is 6.61 Å². The molecule has 1 heterocycles. The summed E-state index contributed by atoms with van der Waals surface area (Å²) >= 11 is 9.28. The lowest BCUT2D eigenvalue weighted by molar-refractivity contribution is 0.0496. The van der Waals surface area contributed by atoms with E-state index >= 15 is 0 Å². The van der Waals surface area contributed by atoms with Crippen molar-refractivity contribution in [2.45, 2.75) is 13.0 Å². The minimum Gasteiger partial charge on any atom is -0.462 e. The molecular weight excluding hydrogens is 398 g/mol. The minimum atomic E-state index is -0.495. The van der Waals surface area contributed by atoms with Gasteiger partial charge < -0.3 is 9.15 Å². The normalized spacial score (nSPS) is 10.9. The van der Waals surface area contributed by atoms with Crippen LogP contribution in [0.15, 0.2) is 56.1 Å². The van der Waals surface area contributed by atoms with E-state index in [2.05, 4.69) is 15.9 Å². The number of carbonyl (C=O) groups is 1. The number of benzene rings is 2. The van der Waals surface area contributed by atoms with Gasteiger partial charge in [-0.2, -0.15) is 0 Å². The Morgan fingerprint density at radius 3 is 2.88 bits per heavy atom. The maximum atomic E-state index is 12.0. The predicted octanol–water partition coefficient (Wildman–Crippen LogP) is 4.26. The number of rotatable bonds is 5. The Hall–Kier alpha value is -2.05. The van der Waals surface area contributed by atoms with E-state index in [1.165, 1.54) is 4.57 Å². The Morgan fingerprint density at radius 1 is 1.25 bits per heavy atom. The lowest BCUT2D eigenvalue weighted by atomic mass is 10.2. The maximum absolute atomic E-state index is 12.0. The Labute approximate surface area is 150 Å². The van der Waals surface area contributed by atoms with Crippen molar-refractivity contribution >= 4 is 44.6 Å². The van der Waals surface area contributed by atoms with E-state index in [1.54, 1.807) is 30.3 Å². The number of esters is 1. The van der Waals surface area contributed by atoms with Crippen molar-refractivity contribution in [3.63, 3.8) is 0 Å². The van der Waals surface area contributed by atoms with Crippen molar-refractivity contribution in [2.24, 2.45) is 0 Å². The molecule has 3 aromatic rings. The fourth-order valence-corrected chi connectivity index (χ4v) is 2.90. The smallest absolute Gasteiger partial charge is 0.419 e. The SMILES string of the molecule is O=C(OCCCn1c(=O)oc2ccccc21)c1cc(Br)ccc1Cl. The van der Waals surface area contributed by atoms with Gasteiger partial charge in [-0.15, -0.1) is 0 Å². The van der Waals surface area contributed by atoms with E-state index in [0.29, 0.717) is 29.1 Å². The first-order valence-corrected chi connectivity index (χ1v) is 8.44. The fourth-order valence-electron chi connectivity index (χ4n) is 2.34. The first-order valence-electron chi connectivity index (χ1n) is 7.27. The molecule has 0 aliphatic rings. The highest BCUT2D eigenvalue weighted by atomic mass is 79.9. The molecule has 7 heteroatoms. The van der Waals surface area contributed by atoms with Crippen LogP contribution < -0.4 is 5.76 Å². The molecule has 0 bridgehead atoms. The number of aryl methyl sites for hydroxylation is 1. The summed E-state index contributed by atoms with van der Waals surface area (Å²) in [5.74, 6) is -0.914. The second kappa shape index (κ2) is 7.23. The van der Waals surface area contributed by atoms with Gasteiger partial charge in [0.1, 0.15) is 0 Å². The molecule has 0 N–H and O–H groups in total. The Balaban J connectivity index is 1.61. The first kappa shape index (κ1) is 16.8. The van der Waals surface area contributed by atoms with Crippen molar-refractivity contribution in [1.29, 1.82) is 0 Å². The van der Waals surface area contributed by atoms with Crippen molar-refractivity contribution in [2.75, 3.05) is 6.61 Å². The van der Waals surface area contributed by atoms with E-state index in [9.17, 15) is 9.59 Å². The standard InChI is InChI=1S/C17H13BrClNO4/c18-11-6-7-13(19)12(10-11)16(21)23-9-3-8-20-14-4-1-2-5-15(14)24-17(20)22/h1-2,4-7,10H,3,8-9H2. The van der Waals surface area contributed by atoms with Crippen LogP contribution in [-0.2, 0) is 11.3 Å². The van der Waals surface area contributed by atoms with Crippen molar-refractivity contribution in [3.8, 4) is 0 Å². The Morgan fingerprint density at radius 2 is 2.04 bits per heavy atom. The van der Waals surface area contributed by atoms with Crippen molar-refractivity contribution in [3.05, 3.63) is 68.1 Å². The van der Waals surface area contributed by atoms with Crippen LogP contribution in [0.2, 0.25) is 5.02 Å². The molecule has 0 unspecified atom stereocenters. The zero-order valence-electron chi connectivity index (χ0n) is 12.5. The van der Waals surface area contributed by atoms with Crippen molar-refractivity contribution in [1.82, 2.24) is 4.57 Å². The Bertz CT molecular complexity index is 947. The zero-order valence-corrected chi connectivity index (χ0v) is 14.8. The van der Waals surface area contributed by atoms with Gasteiger partial charge in [0.25, 0.3) is 0 Å². The number of nitrogens with zero attached hydrogens (tertiary/aromatic N) is 1. The summed E-state index contributed by atoms with van der Waals surface area (Å²) < 4.78 is 12.6. The van der Waals surface area contributed by atoms with Gasteiger partial charge in [-0.3, -0.25) is 4.57 Å². The highest BCUT2D eigenvalue weighted by Crippen LogP contribution is 2.21. The predicted molar refractivity (Wildman–Crippen MR) is 94.5 cm³/mol. The molecule has 0 amide bonds. The molecular formula is C17H13BrClNO4. The molecule has 0 fully saturated rings. The number of para-hydroxylation sites is 2. The molecule has 0 radical (unpaired) electrons. The molecule has 124 valence electrons. The summed E-state index contributed by atoms with van der Waals surface area (Å²) in [5.41, 5.74) is 1.57. The third kappa shape index (κ3) is 3.55. The summed E-state index contributed by atoms with van der Waals surface area (Å²) in [5, 5.41) is 0.334. The number of halogens is 2. The van der Waals surface area contributed by atoms with Gasteiger partial charge in [-0.25, -0.2) is 9.59 Å². The lowest BCUT2D eigenvalue weighted by Crippen LogP contribution is -2.16. The van der Waals surface area contributed by atoms with Gasteiger partial charge in [-0.1, -0.05) is 39.7 Å². The molecule has 0 spiro atoms. The molecule has 3 rings (SSSR count).